The smallest absolute Gasteiger partial charge is 0.317 e. The summed E-state index contributed by atoms with van der Waals surface area (Å²) in [6.45, 7) is 5.22. The summed E-state index contributed by atoms with van der Waals surface area (Å²) in [5, 5.41) is 3.85. The van der Waals surface area contributed by atoms with Crippen LogP contribution in [0.25, 0.3) is 10.9 Å². The highest BCUT2D eigenvalue weighted by atomic mass is 16.2. The lowest BCUT2D eigenvalue weighted by Gasteiger charge is -2.22. The number of aromatic amines is 1. The molecule has 3 rings (SSSR count). The van der Waals surface area contributed by atoms with Gasteiger partial charge in [0.2, 0.25) is 0 Å². The van der Waals surface area contributed by atoms with E-state index in [9.17, 15) is 9.59 Å². The Labute approximate surface area is 141 Å². The molecule has 1 aromatic heterocycles. The van der Waals surface area contributed by atoms with Gasteiger partial charge >= 0.3 is 6.03 Å². The number of H-pyrrole nitrogens is 1. The van der Waals surface area contributed by atoms with E-state index in [0.29, 0.717) is 38.3 Å². The van der Waals surface area contributed by atoms with Gasteiger partial charge in [0, 0.05) is 49.8 Å². The Balaban J connectivity index is 1.67. The van der Waals surface area contributed by atoms with Crippen LogP contribution >= 0.6 is 0 Å². The molecule has 1 fully saturated rings. The third-order valence-corrected chi connectivity index (χ3v) is 4.42. The molecule has 0 radical (unpaired) electrons. The summed E-state index contributed by atoms with van der Waals surface area (Å²) in [6, 6.07) is 7.79. The van der Waals surface area contributed by atoms with Crippen LogP contribution in [0.2, 0.25) is 0 Å². The maximum absolute atomic E-state index is 12.9. The first-order valence-corrected chi connectivity index (χ1v) is 8.59. The number of nitrogens with zero attached hydrogens (tertiary/aromatic N) is 2. The molecular formula is C18H24N4O2. The van der Waals surface area contributed by atoms with Crippen molar-refractivity contribution in [2.45, 2.75) is 19.8 Å². The number of nitrogens with one attached hydrogen (secondary N) is 2. The number of amides is 3. The second-order valence-corrected chi connectivity index (χ2v) is 6.11. The maximum Gasteiger partial charge on any atom is 0.317 e. The third kappa shape index (κ3) is 3.37. The van der Waals surface area contributed by atoms with E-state index in [1.807, 2.05) is 36.1 Å². The Morgan fingerprint density at radius 3 is 2.71 bits per heavy atom. The Hall–Kier alpha value is -2.50. The van der Waals surface area contributed by atoms with Gasteiger partial charge in [0.05, 0.1) is 5.56 Å². The van der Waals surface area contributed by atoms with E-state index in [1.54, 1.807) is 11.1 Å². The van der Waals surface area contributed by atoms with Crippen molar-refractivity contribution < 1.29 is 9.59 Å². The molecule has 1 aromatic carbocycles. The van der Waals surface area contributed by atoms with Crippen molar-refractivity contribution in [2.75, 3.05) is 32.7 Å². The minimum Gasteiger partial charge on any atom is -0.360 e. The molecule has 2 N–H and O–H groups in total. The lowest BCUT2D eigenvalue weighted by Crippen LogP contribution is -2.42. The second kappa shape index (κ2) is 7.38. The Morgan fingerprint density at radius 1 is 1.12 bits per heavy atom. The Kier molecular flexibility index (Phi) is 5.03. The SMILES string of the molecule is CCCNC(=O)N1CCCN(C(=O)c2c[nH]c3ccccc23)CC1. The van der Waals surface area contributed by atoms with Gasteiger partial charge in [0.1, 0.15) is 0 Å². The zero-order valence-electron chi connectivity index (χ0n) is 14.0. The van der Waals surface area contributed by atoms with E-state index in [2.05, 4.69) is 10.3 Å². The zero-order valence-corrected chi connectivity index (χ0v) is 14.0. The minimum absolute atomic E-state index is 0.0294. The van der Waals surface area contributed by atoms with E-state index in [0.717, 1.165) is 23.7 Å². The van der Waals surface area contributed by atoms with Gasteiger partial charge in [-0.05, 0) is 18.9 Å². The van der Waals surface area contributed by atoms with E-state index >= 15 is 0 Å². The maximum atomic E-state index is 12.9. The molecule has 0 spiro atoms. The number of carbonyl (C=O) groups is 2. The molecule has 128 valence electrons. The minimum atomic E-state index is -0.0294. The van der Waals surface area contributed by atoms with E-state index in [4.69, 9.17) is 0 Å². The second-order valence-electron chi connectivity index (χ2n) is 6.11. The van der Waals surface area contributed by atoms with Crippen molar-refractivity contribution in [1.29, 1.82) is 0 Å². The summed E-state index contributed by atoms with van der Waals surface area (Å²) in [5.41, 5.74) is 1.67. The topological polar surface area (TPSA) is 68.4 Å². The van der Waals surface area contributed by atoms with Gasteiger partial charge in [-0.15, -0.1) is 0 Å². The van der Waals surface area contributed by atoms with Gasteiger partial charge in [-0.3, -0.25) is 4.79 Å². The van der Waals surface area contributed by atoms with Crippen LogP contribution in [-0.2, 0) is 0 Å². The highest BCUT2D eigenvalue weighted by molar-refractivity contribution is 6.06. The molecular weight excluding hydrogens is 304 g/mol. The summed E-state index contributed by atoms with van der Waals surface area (Å²) >= 11 is 0. The fourth-order valence-electron chi connectivity index (χ4n) is 3.09. The Bertz CT molecular complexity index is 725. The molecule has 0 bridgehead atoms. The van der Waals surface area contributed by atoms with Crippen molar-refractivity contribution in [3.8, 4) is 0 Å². The first-order chi connectivity index (χ1) is 11.7. The lowest BCUT2D eigenvalue weighted by atomic mass is 10.1. The van der Waals surface area contributed by atoms with Gasteiger partial charge in [0.15, 0.2) is 0 Å². The number of rotatable bonds is 3. The number of fused-ring (bicyclic) bond motifs is 1. The summed E-state index contributed by atoms with van der Waals surface area (Å²) in [6.07, 6.45) is 3.50. The molecule has 24 heavy (non-hydrogen) atoms. The predicted octanol–water partition coefficient (Wildman–Crippen LogP) is 2.44. The van der Waals surface area contributed by atoms with Gasteiger partial charge in [0.25, 0.3) is 5.91 Å². The molecule has 1 saturated heterocycles. The third-order valence-electron chi connectivity index (χ3n) is 4.42. The van der Waals surface area contributed by atoms with Crippen LogP contribution in [0, 0.1) is 0 Å². The molecule has 0 atom stereocenters. The summed E-state index contributed by atoms with van der Waals surface area (Å²) < 4.78 is 0. The van der Waals surface area contributed by atoms with Crippen LogP contribution in [0.15, 0.2) is 30.5 Å². The van der Waals surface area contributed by atoms with Crippen molar-refractivity contribution in [2.24, 2.45) is 0 Å². The lowest BCUT2D eigenvalue weighted by molar-refractivity contribution is 0.0764. The van der Waals surface area contributed by atoms with Crippen LogP contribution in [0.4, 0.5) is 4.79 Å². The fraction of sp³-hybridized carbons (Fsp3) is 0.444. The highest BCUT2D eigenvalue weighted by Crippen LogP contribution is 2.20. The highest BCUT2D eigenvalue weighted by Gasteiger charge is 2.24. The molecule has 1 aliphatic heterocycles. The average Bonchev–Trinajstić information content (AvgIpc) is 2.88. The first-order valence-electron chi connectivity index (χ1n) is 8.59. The number of aromatic nitrogens is 1. The molecule has 6 nitrogen and oxygen atoms in total. The van der Waals surface area contributed by atoms with Crippen molar-refractivity contribution in [1.82, 2.24) is 20.1 Å². The number of hydrogen-bond acceptors (Lipinski definition) is 2. The monoisotopic (exact) mass is 328 g/mol. The molecule has 2 heterocycles. The molecule has 3 amide bonds. The van der Waals surface area contributed by atoms with Crippen molar-refractivity contribution >= 4 is 22.8 Å². The fourth-order valence-corrected chi connectivity index (χ4v) is 3.09. The van der Waals surface area contributed by atoms with Crippen LogP contribution in [0.1, 0.15) is 30.1 Å². The Morgan fingerprint density at radius 2 is 1.88 bits per heavy atom. The van der Waals surface area contributed by atoms with Gasteiger partial charge < -0.3 is 20.1 Å². The van der Waals surface area contributed by atoms with Crippen LogP contribution in [-0.4, -0.2) is 59.4 Å². The molecule has 2 aromatic rings. The normalized spacial score (nSPS) is 15.4. The van der Waals surface area contributed by atoms with E-state index < -0.39 is 0 Å². The number of benzene rings is 1. The van der Waals surface area contributed by atoms with Crippen molar-refractivity contribution in [3.05, 3.63) is 36.0 Å². The molecule has 0 aliphatic carbocycles. The van der Waals surface area contributed by atoms with Crippen molar-refractivity contribution in [3.63, 3.8) is 0 Å². The first kappa shape index (κ1) is 16.4. The van der Waals surface area contributed by atoms with Crippen LogP contribution in [0.3, 0.4) is 0 Å². The number of hydrogen-bond donors (Lipinski definition) is 2. The number of para-hydroxylation sites is 1. The van der Waals surface area contributed by atoms with Gasteiger partial charge in [-0.2, -0.15) is 0 Å². The average molecular weight is 328 g/mol. The molecule has 1 aliphatic rings. The molecule has 6 heteroatoms. The van der Waals surface area contributed by atoms with E-state index in [1.165, 1.54) is 0 Å². The predicted molar refractivity (Wildman–Crippen MR) is 94.1 cm³/mol. The quantitative estimate of drug-likeness (QED) is 0.908. The summed E-state index contributed by atoms with van der Waals surface area (Å²) in [4.78, 5) is 31.8. The van der Waals surface area contributed by atoms with Gasteiger partial charge in [-0.25, -0.2) is 4.79 Å². The summed E-state index contributed by atoms with van der Waals surface area (Å²) in [7, 11) is 0. The van der Waals surface area contributed by atoms with Crippen LogP contribution in [0.5, 0.6) is 0 Å². The van der Waals surface area contributed by atoms with Crippen LogP contribution < -0.4 is 5.32 Å². The largest absolute Gasteiger partial charge is 0.360 e. The summed E-state index contributed by atoms with van der Waals surface area (Å²) in [5.74, 6) is 0.0308. The standard InChI is InChI=1S/C18H24N4O2/c1-2-8-19-18(24)22-10-5-9-21(11-12-22)17(23)15-13-20-16-7-4-3-6-14(15)16/h3-4,6-7,13,20H,2,5,8-12H2,1H3,(H,19,24). The molecule has 0 saturated carbocycles. The van der Waals surface area contributed by atoms with Gasteiger partial charge in [-0.1, -0.05) is 25.1 Å². The number of carbonyl (C=O) groups excluding carboxylic acids is 2. The molecule has 0 unspecified atom stereocenters. The number of urea groups is 1. The van der Waals surface area contributed by atoms with E-state index in [-0.39, 0.29) is 11.9 Å². The zero-order chi connectivity index (χ0) is 16.9.